The van der Waals surface area contributed by atoms with Gasteiger partial charge in [-0.3, -0.25) is 0 Å². The van der Waals surface area contributed by atoms with Crippen molar-refractivity contribution in [2.45, 2.75) is 25.1 Å². The third-order valence-corrected chi connectivity index (χ3v) is 4.25. The molecule has 0 saturated carbocycles. The summed E-state index contributed by atoms with van der Waals surface area (Å²) in [5.74, 6) is -1.03. The second kappa shape index (κ2) is 5.83. The van der Waals surface area contributed by atoms with Crippen LogP contribution in [-0.2, 0) is 6.42 Å². The predicted molar refractivity (Wildman–Crippen MR) is 77.7 cm³/mol. The van der Waals surface area contributed by atoms with Gasteiger partial charge in [0, 0.05) is 11.6 Å². The molecule has 0 N–H and O–H groups in total. The highest BCUT2D eigenvalue weighted by atomic mass is 79.9. The molecule has 0 nitrogen and oxygen atoms in total. The van der Waals surface area contributed by atoms with Gasteiger partial charge in [-0.1, -0.05) is 47.1 Å². The van der Waals surface area contributed by atoms with E-state index in [4.69, 9.17) is 0 Å². The van der Waals surface area contributed by atoms with Crippen LogP contribution in [0.3, 0.4) is 0 Å². The Kier molecular flexibility index (Phi) is 4.35. The Morgan fingerprint density at radius 1 is 1.05 bits per heavy atom. The number of aryl methyl sites for hydroxylation is 2. The van der Waals surface area contributed by atoms with Crippen LogP contribution >= 0.6 is 15.9 Å². The Labute approximate surface area is 120 Å². The quantitative estimate of drug-likeness (QED) is 0.670. The van der Waals surface area contributed by atoms with Crippen molar-refractivity contribution in [2.75, 3.05) is 0 Å². The Hall–Kier alpha value is -1.22. The van der Waals surface area contributed by atoms with Crippen molar-refractivity contribution in [2.24, 2.45) is 0 Å². The van der Waals surface area contributed by atoms with Crippen molar-refractivity contribution in [1.82, 2.24) is 0 Å². The van der Waals surface area contributed by atoms with Crippen LogP contribution in [0.15, 0.2) is 36.4 Å². The minimum absolute atomic E-state index is 0.261. The maximum absolute atomic E-state index is 13.9. The monoisotopic (exact) mass is 324 g/mol. The highest BCUT2D eigenvalue weighted by Crippen LogP contribution is 2.35. The summed E-state index contributed by atoms with van der Waals surface area (Å²) in [6.07, 6.45) is 0.875. The SMILES string of the molecule is CCc1ccccc1C(Br)c1cc(C)c(F)cc1F. The molecule has 0 aliphatic heterocycles. The first kappa shape index (κ1) is 14.2. The number of alkyl halides is 1. The summed E-state index contributed by atoms with van der Waals surface area (Å²) in [5, 5.41) is 0. The van der Waals surface area contributed by atoms with Crippen LogP contribution in [0.1, 0.15) is 34.0 Å². The molecule has 0 aliphatic carbocycles. The van der Waals surface area contributed by atoms with Crippen LogP contribution in [0.5, 0.6) is 0 Å². The van der Waals surface area contributed by atoms with Crippen LogP contribution < -0.4 is 0 Å². The molecule has 0 heterocycles. The smallest absolute Gasteiger partial charge is 0.130 e. The van der Waals surface area contributed by atoms with E-state index in [9.17, 15) is 8.78 Å². The zero-order valence-corrected chi connectivity index (χ0v) is 12.5. The molecule has 2 aromatic rings. The van der Waals surface area contributed by atoms with Crippen LogP contribution in [0.25, 0.3) is 0 Å². The zero-order valence-electron chi connectivity index (χ0n) is 10.9. The van der Waals surface area contributed by atoms with Gasteiger partial charge in [-0.05, 0) is 36.1 Å². The minimum atomic E-state index is -0.518. The van der Waals surface area contributed by atoms with E-state index in [1.807, 2.05) is 24.3 Å². The first-order valence-corrected chi connectivity index (χ1v) is 7.13. The zero-order chi connectivity index (χ0) is 14.0. The summed E-state index contributed by atoms with van der Waals surface area (Å²) >= 11 is 3.53. The van der Waals surface area contributed by atoms with E-state index in [2.05, 4.69) is 22.9 Å². The maximum Gasteiger partial charge on any atom is 0.130 e. The van der Waals surface area contributed by atoms with Gasteiger partial charge in [0.05, 0.1) is 4.83 Å². The van der Waals surface area contributed by atoms with Gasteiger partial charge in [-0.15, -0.1) is 0 Å². The molecule has 2 rings (SSSR count). The van der Waals surface area contributed by atoms with Crippen molar-refractivity contribution < 1.29 is 8.78 Å². The number of benzene rings is 2. The highest BCUT2D eigenvalue weighted by molar-refractivity contribution is 9.09. The van der Waals surface area contributed by atoms with Gasteiger partial charge >= 0.3 is 0 Å². The number of hydrogen-bond acceptors (Lipinski definition) is 0. The summed E-state index contributed by atoms with van der Waals surface area (Å²) in [6.45, 7) is 3.70. The molecular formula is C16H15BrF2. The Morgan fingerprint density at radius 2 is 1.74 bits per heavy atom. The number of rotatable bonds is 3. The lowest BCUT2D eigenvalue weighted by molar-refractivity contribution is 0.569. The highest BCUT2D eigenvalue weighted by Gasteiger charge is 2.18. The van der Waals surface area contributed by atoms with E-state index >= 15 is 0 Å². The maximum atomic E-state index is 13.9. The molecule has 0 bridgehead atoms. The molecule has 0 amide bonds. The standard InChI is InChI=1S/C16H15BrF2/c1-3-11-6-4-5-7-12(11)16(17)13-8-10(2)14(18)9-15(13)19/h4-9,16H,3H2,1-2H3. The van der Waals surface area contributed by atoms with E-state index in [-0.39, 0.29) is 4.83 Å². The van der Waals surface area contributed by atoms with Crippen molar-refractivity contribution in [1.29, 1.82) is 0 Å². The van der Waals surface area contributed by atoms with E-state index < -0.39 is 11.6 Å². The summed E-state index contributed by atoms with van der Waals surface area (Å²) in [5.41, 5.74) is 3.11. The third kappa shape index (κ3) is 2.86. The Bertz CT molecular complexity index is 593. The van der Waals surface area contributed by atoms with E-state index in [0.717, 1.165) is 23.6 Å². The molecule has 2 aromatic carbocycles. The summed E-state index contributed by atoms with van der Waals surface area (Å²) < 4.78 is 27.2. The summed E-state index contributed by atoms with van der Waals surface area (Å²) in [6, 6.07) is 10.4. The lowest BCUT2D eigenvalue weighted by Crippen LogP contribution is -2.02. The number of hydrogen-bond donors (Lipinski definition) is 0. The van der Waals surface area contributed by atoms with Gasteiger partial charge in [-0.2, -0.15) is 0 Å². The molecule has 1 unspecified atom stereocenters. The summed E-state index contributed by atoms with van der Waals surface area (Å²) in [7, 11) is 0. The van der Waals surface area contributed by atoms with Gasteiger partial charge in [0.25, 0.3) is 0 Å². The topological polar surface area (TPSA) is 0 Å². The van der Waals surface area contributed by atoms with Crippen LogP contribution in [0.2, 0.25) is 0 Å². The number of halogens is 3. The Balaban J connectivity index is 2.50. The van der Waals surface area contributed by atoms with E-state index in [0.29, 0.717) is 11.1 Å². The minimum Gasteiger partial charge on any atom is -0.207 e. The Morgan fingerprint density at radius 3 is 2.42 bits per heavy atom. The second-order valence-corrected chi connectivity index (χ2v) is 5.45. The van der Waals surface area contributed by atoms with Crippen molar-refractivity contribution in [3.8, 4) is 0 Å². The van der Waals surface area contributed by atoms with Crippen LogP contribution in [-0.4, -0.2) is 0 Å². The molecular weight excluding hydrogens is 310 g/mol. The molecule has 3 heteroatoms. The summed E-state index contributed by atoms with van der Waals surface area (Å²) in [4.78, 5) is -0.261. The van der Waals surface area contributed by atoms with Crippen LogP contribution in [0, 0.1) is 18.6 Å². The largest absolute Gasteiger partial charge is 0.207 e. The molecule has 1 atom stereocenters. The lowest BCUT2D eigenvalue weighted by Gasteiger charge is -2.16. The van der Waals surface area contributed by atoms with Gasteiger partial charge in [-0.25, -0.2) is 8.78 Å². The molecule has 0 radical (unpaired) electrons. The fourth-order valence-electron chi connectivity index (χ4n) is 2.14. The van der Waals surface area contributed by atoms with Crippen molar-refractivity contribution in [3.63, 3.8) is 0 Å². The predicted octanol–water partition coefficient (Wildman–Crippen LogP) is 5.32. The van der Waals surface area contributed by atoms with Gasteiger partial charge < -0.3 is 0 Å². The lowest BCUT2D eigenvalue weighted by atomic mass is 9.97. The average Bonchev–Trinajstić information content (AvgIpc) is 2.42. The third-order valence-electron chi connectivity index (χ3n) is 3.26. The van der Waals surface area contributed by atoms with Gasteiger partial charge in [0.1, 0.15) is 11.6 Å². The van der Waals surface area contributed by atoms with Gasteiger partial charge in [0.2, 0.25) is 0 Å². The second-order valence-electron chi connectivity index (χ2n) is 4.54. The van der Waals surface area contributed by atoms with Crippen molar-refractivity contribution in [3.05, 3.63) is 70.3 Å². The fraction of sp³-hybridized carbons (Fsp3) is 0.250. The first-order valence-electron chi connectivity index (χ1n) is 6.22. The van der Waals surface area contributed by atoms with Crippen molar-refractivity contribution >= 4 is 15.9 Å². The van der Waals surface area contributed by atoms with Crippen LogP contribution in [0.4, 0.5) is 8.78 Å². The molecule has 0 saturated heterocycles. The molecule has 0 fully saturated rings. The molecule has 0 aromatic heterocycles. The van der Waals surface area contributed by atoms with E-state index in [1.54, 1.807) is 13.0 Å². The normalized spacial score (nSPS) is 12.5. The molecule has 0 spiro atoms. The first-order chi connectivity index (χ1) is 9.04. The molecule has 19 heavy (non-hydrogen) atoms. The van der Waals surface area contributed by atoms with Gasteiger partial charge in [0.15, 0.2) is 0 Å². The molecule has 100 valence electrons. The van der Waals surface area contributed by atoms with E-state index in [1.165, 1.54) is 0 Å². The molecule has 0 aliphatic rings. The average molecular weight is 325 g/mol. The fourth-order valence-corrected chi connectivity index (χ4v) is 2.94.